The number of rotatable bonds is 8. The van der Waals surface area contributed by atoms with Crippen molar-refractivity contribution in [2.75, 3.05) is 43.4 Å². The number of hydrogen-bond donors (Lipinski definition) is 3. The second kappa shape index (κ2) is 17.4. The molecule has 0 aromatic heterocycles. The number of urea groups is 1. The van der Waals surface area contributed by atoms with E-state index < -0.39 is 28.1 Å². The number of halogens is 1. The molecule has 0 radical (unpaired) electrons. The van der Waals surface area contributed by atoms with Crippen molar-refractivity contribution in [2.45, 2.75) is 63.2 Å². The number of nitrogens with one attached hydrogen (secondary N) is 2. The molecule has 0 unspecified atom stereocenters. The van der Waals surface area contributed by atoms with E-state index in [1.54, 1.807) is 35.9 Å². The van der Waals surface area contributed by atoms with Crippen LogP contribution in [-0.4, -0.2) is 86.9 Å². The van der Waals surface area contributed by atoms with E-state index in [-0.39, 0.29) is 53.9 Å². The van der Waals surface area contributed by atoms with Gasteiger partial charge in [-0.05, 0) is 87.0 Å². The Labute approximate surface area is 310 Å². The molecular weight excluding hydrogens is 704 g/mol. The normalized spacial score (nSPS) is 19.5. The van der Waals surface area contributed by atoms with Crippen molar-refractivity contribution in [1.82, 2.24) is 9.80 Å². The summed E-state index contributed by atoms with van der Waals surface area (Å²) in [5.74, 6) is -0.408. The van der Waals surface area contributed by atoms with Crippen molar-refractivity contribution in [3.8, 4) is 5.75 Å². The van der Waals surface area contributed by atoms with Crippen LogP contribution in [0.4, 0.5) is 16.2 Å². The number of carbonyl (C=O) groups is 2. The van der Waals surface area contributed by atoms with Gasteiger partial charge >= 0.3 is 6.03 Å². The zero-order chi connectivity index (χ0) is 37.4. The van der Waals surface area contributed by atoms with Crippen LogP contribution in [0.25, 0.3) is 10.8 Å². The summed E-state index contributed by atoms with van der Waals surface area (Å²) in [6.07, 6.45) is 1.55. The van der Waals surface area contributed by atoms with Gasteiger partial charge in [-0.2, -0.15) is 0 Å². The van der Waals surface area contributed by atoms with Crippen LogP contribution in [0.5, 0.6) is 5.75 Å². The van der Waals surface area contributed by atoms with E-state index in [0.717, 1.165) is 23.6 Å². The highest BCUT2D eigenvalue weighted by Gasteiger charge is 2.31. The lowest BCUT2D eigenvalue weighted by Crippen LogP contribution is -2.48. The highest BCUT2D eigenvalue weighted by molar-refractivity contribution is 7.92. The third-order valence-corrected chi connectivity index (χ3v) is 10.9. The van der Waals surface area contributed by atoms with E-state index in [0.29, 0.717) is 29.5 Å². The molecule has 0 spiro atoms. The minimum Gasteiger partial charge on any atom is -0.490 e. The van der Waals surface area contributed by atoms with Gasteiger partial charge in [-0.1, -0.05) is 54.9 Å². The highest BCUT2D eigenvalue weighted by atomic mass is 35.5. The van der Waals surface area contributed by atoms with Crippen LogP contribution in [-0.2, 0) is 14.8 Å². The molecule has 0 bridgehead atoms. The fourth-order valence-electron chi connectivity index (χ4n) is 6.17. The number of ether oxygens (including phenoxy) is 2. The maximum absolute atomic E-state index is 14.5. The van der Waals surface area contributed by atoms with Crippen molar-refractivity contribution < 1.29 is 32.6 Å². The first-order chi connectivity index (χ1) is 24.9. The molecule has 4 aromatic carbocycles. The topological polar surface area (TPSA) is 138 Å². The van der Waals surface area contributed by atoms with Crippen molar-refractivity contribution >= 4 is 55.7 Å². The van der Waals surface area contributed by atoms with Gasteiger partial charge in [0.2, 0.25) is 0 Å². The maximum atomic E-state index is 14.5. The number of hydrogen-bond acceptors (Lipinski definition) is 7. The second-order valence-corrected chi connectivity index (χ2v) is 15.5. The number of anilines is 2. The standard InChI is InChI=1S/C39H47ClN4O7S/c1-26-23-44(27(2)25-45)38(46)34-22-31(42-52(48,49)32-18-15-30(40)16-19-32)17-20-36(34)51-28(3)10-7-8-21-50-37(26)24-43(4)39(47)41-35-14-9-12-29-11-5-6-13-33(29)35/h5-6,9,11-20,22,26-28,37,42,45H,7-8,10,21,23-25H2,1-4H3,(H,41,47)/t26-,27+,28-,37+/m0/s1. The number of sulfonamides is 1. The van der Waals surface area contributed by atoms with Crippen LogP contribution in [0, 0.1) is 5.92 Å². The van der Waals surface area contributed by atoms with Crippen molar-refractivity contribution in [1.29, 1.82) is 0 Å². The Bertz CT molecular complexity index is 1950. The number of likely N-dealkylation sites (N-methyl/N-ethyl adjacent to an activating group) is 1. The molecular formula is C39H47ClN4O7S. The maximum Gasteiger partial charge on any atom is 0.321 e. The third-order valence-electron chi connectivity index (χ3n) is 9.26. The van der Waals surface area contributed by atoms with Gasteiger partial charge in [0, 0.05) is 48.8 Å². The molecule has 4 atom stereocenters. The number of fused-ring (bicyclic) bond motifs is 2. The Hall–Kier alpha value is -4.36. The minimum atomic E-state index is -4.00. The Morgan fingerprint density at radius 2 is 1.77 bits per heavy atom. The molecule has 1 aliphatic rings. The molecule has 1 aliphatic heterocycles. The molecule has 3 amide bonds. The Morgan fingerprint density at radius 1 is 1.04 bits per heavy atom. The first kappa shape index (κ1) is 38.9. The Morgan fingerprint density at radius 3 is 2.52 bits per heavy atom. The molecule has 5 rings (SSSR count). The lowest BCUT2D eigenvalue weighted by Gasteiger charge is -2.35. The number of aliphatic hydroxyl groups excluding tert-OH is 1. The first-order valence-corrected chi connectivity index (χ1v) is 19.3. The molecule has 0 saturated heterocycles. The predicted octanol–water partition coefficient (Wildman–Crippen LogP) is 7.25. The summed E-state index contributed by atoms with van der Waals surface area (Å²) in [4.78, 5) is 31.1. The number of carbonyl (C=O) groups excluding carboxylic acids is 2. The molecule has 4 aromatic rings. The predicted molar refractivity (Wildman–Crippen MR) is 205 cm³/mol. The molecule has 11 nitrogen and oxygen atoms in total. The molecule has 278 valence electrons. The van der Waals surface area contributed by atoms with Crippen molar-refractivity contribution in [3.05, 3.63) is 95.5 Å². The number of aliphatic hydroxyl groups is 1. The van der Waals surface area contributed by atoms with Gasteiger partial charge in [0.1, 0.15) is 5.75 Å². The quantitative estimate of drug-likeness (QED) is 0.173. The molecule has 13 heteroatoms. The summed E-state index contributed by atoms with van der Waals surface area (Å²) in [6, 6.07) is 23.1. The summed E-state index contributed by atoms with van der Waals surface area (Å²) >= 11 is 5.96. The highest BCUT2D eigenvalue weighted by Crippen LogP contribution is 2.30. The first-order valence-electron chi connectivity index (χ1n) is 17.5. The van der Waals surface area contributed by atoms with Crippen LogP contribution in [0.1, 0.15) is 50.4 Å². The van der Waals surface area contributed by atoms with Gasteiger partial charge in [-0.25, -0.2) is 13.2 Å². The lowest BCUT2D eigenvalue weighted by atomic mass is 10.0. The van der Waals surface area contributed by atoms with E-state index in [1.807, 2.05) is 56.3 Å². The van der Waals surface area contributed by atoms with Gasteiger partial charge in [0.05, 0.1) is 41.0 Å². The van der Waals surface area contributed by atoms with Crippen LogP contribution in [0.15, 0.2) is 89.8 Å². The fraction of sp³-hybridized carbons (Fsp3) is 0.385. The molecule has 0 saturated carbocycles. The average Bonchev–Trinajstić information content (AvgIpc) is 3.12. The van der Waals surface area contributed by atoms with E-state index >= 15 is 0 Å². The van der Waals surface area contributed by atoms with Crippen molar-refractivity contribution in [3.63, 3.8) is 0 Å². The number of nitrogens with zero attached hydrogens (tertiary/aromatic N) is 2. The SMILES string of the molecule is C[C@H](CO)N1C[C@H](C)[C@@H](CN(C)C(=O)Nc2cccc3ccccc23)OCCCC[C@H](C)Oc2ccc(NS(=O)(=O)c3ccc(Cl)cc3)cc2C1=O. The smallest absolute Gasteiger partial charge is 0.321 e. The molecule has 1 heterocycles. The zero-order valence-corrected chi connectivity index (χ0v) is 31.5. The lowest BCUT2D eigenvalue weighted by molar-refractivity contribution is -0.0115. The second-order valence-electron chi connectivity index (χ2n) is 13.4. The van der Waals surface area contributed by atoms with Crippen LogP contribution in [0.3, 0.4) is 0 Å². The van der Waals surface area contributed by atoms with E-state index in [4.69, 9.17) is 21.1 Å². The van der Waals surface area contributed by atoms with Gasteiger partial charge in [0.15, 0.2) is 0 Å². The third kappa shape index (κ3) is 9.74. The summed E-state index contributed by atoms with van der Waals surface area (Å²) in [7, 11) is -2.29. The molecule has 0 fully saturated rings. The van der Waals surface area contributed by atoms with Gasteiger partial charge < -0.3 is 29.7 Å². The summed E-state index contributed by atoms with van der Waals surface area (Å²) in [5, 5.41) is 15.7. The van der Waals surface area contributed by atoms with E-state index in [1.165, 1.54) is 30.3 Å². The van der Waals surface area contributed by atoms with Gasteiger partial charge in [-0.15, -0.1) is 0 Å². The van der Waals surface area contributed by atoms with Gasteiger partial charge in [0.25, 0.3) is 15.9 Å². The summed E-state index contributed by atoms with van der Waals surface area (Å²) < 4.78 is 41.7. The summed E-state index contributed by atoms with van der Waals surface area (Å²) in [6.45, 7) is 6.18. The van der Waals surface area contributed by atoms with Crippen LogP contribution < -0.4 is 14.8 Å². The van der Waals surface area contributed by atoms with Gasteiger partial charge in [-0.3, -0.25) is 9.52 Å². The monoisotopic (exact) mass is 750 g/mol. The fourth-order valence-corrected chi connectivity index (χ4v) is 7.35. The number of amides is 3. The minimum absolute atomic E-state index is 0.0133. The zero-order valence-electron chi connectivity index (χ0n) is 29.9. The van der Waals surface area contributed by atoms with Crippen molar-refractivity contribution in [2.24, 2.45) is 5.92 Å². The molecule has 0 aliphatic carbocycles. The van der Waals surface area contributed by atoms with E-state index in [2.05, 4.69) is 10.0 Å². The van der Waals surface area contributed by atoms with Crippen LogP contribution >= 0.6 is 11.6 Å². The number of benzene rings is 4. The molecule has 52 heavy (non-hydrogen) atoms. The summed E-state index contributed by atoms with van der Waals surface area (Å²) in [5.41, 5.74) is 1.02. The molecule has 3 N–H and O–H groups in total. The Balaban J connectivity index is 1.40. The average molecular weight is 751 g/mol. The largest absolute Gasteiger partial charge is 0.490 e. The van der Waals surface area contributed by atoms with Crippen LogP contribution in [0.2, 0.25) is 5.02 Å². The van der Waals surface area contributed by atoms with E-state index in [9.17, 15) is 23.1 Å². The Kier molecular flexibility index (Phi) is 13.0.